The summed E-state index contributed by atoms with van der Waals surface area (Å²) in [4.78, 5) is 0.100. The van der Waals surface area contributed by atoms with Gasteiger partial charge in [-0.15, -0.1) is 0 Å². The molecular formula is C13H16N2O4S. The van der Waals surface area contributed by atoms with Crippen LogP contribution in [0.15, 0.2) is 33.7 Å². The van der Waals surface area contributed by atoms with Crippen molar-refractivity contribution in [2.45, 2.75) is 25.2 Å². The molecule has 0 amide bonds. The van der Waals surface area contributed by atoms with Crippen molar-refractivity contribution in [3.63, 3.8) is 0 Å². The number of phenols is 1. The quantitative estimate of drug-likeness (QED) is 0.872. The molecule has 0 saturated heterocycles. The third-order valence-electron chi connectivity index (χ3n) is 2.88. The van der Waals surface area contributed by atoms with Crippen LogP contribution < -0.4 is 4.72 Å². The number of phenolic OH excluding ortho intramolecular Hbond substituents is 1. The minimum Gasteiger partial charge on any atom is -0.508 e. The Kier molecular flexibility index (Phi) is 4.10. The number of sulfonamides is 1. The van der Waals surface area contributed by atoms with Crippen molar-refractivity contribution in [2.75, 3.05) is 6.54 Å². The van der Waals surface area contributed by atoms with Crippen molar-refractivity contribution in [1.82, 2.24) is 9.88 Å². The van der Waals surface area contributed by atoms with E-state index in [1.165, 1.54) is 0 Å². The van der Waals surface area contributed by atoms with E-state index in [1.807, 2.05) is 0 Å². The van der Waals surface area contributed by atoms with Crippen LogP contribution in [0.2, 0.25) is 0 Å². The average Bonchev–Trinajstić information content (AvgIpc) is 2.72. The van der Waals surface area contributed by atoms with Gasteiger partial charge in [0.05, 0.1) is 0 Å². The van der Waals surface area contributed by atoms with E-state index in [0.29, 0.717) is 12.1 Å². The molecule has 0 bridgehead atoms. The fourth-order valence-electron chi connectivity index (χ4n) is 1.92. The number of benzene rings is 1. The number of hydrogen-bond acceptors (Lipinski definition) is 5. The summed E-state index contributed by atoms with van der Waals surface area (Å²) in [6, 6.07) is 6.63. The Morgan fingerprint density at radius 3 is 2.45 bits per heavy atom. The number of aromatic nitrogens is 1. The zero-order valence-electron chi connectivity index (χ0n) is 11.3. The van der Waals surface area contributed by atoms with Gasteiger partial charge in [-0.25, -0.2) is 13.1 Å². The molecule has 1 heterocycles. The third-order valence-corrected chi connectivity index (χ3v) is 4.58. The number of hydrogen-bond donors (Lipinski definition) is 2. The Balaban J connectivity index is 2.02. The molecule has 0 radical (unpaired) electrons. The van der Waals surface area contributed by atoms with Gasteiger partial charge in [-0.05, 0) is 38.0 Å². The van der Waals surface area contributed by atoms with Gasteiger partial charge in [0.1, 0.15) is 16.3 Å². The van der Waals surface area contributed by atoms with E-state index >= 15 is 0 Å². The van der Waals surface area contributed by atoms with Gasteiger partial charge in [0.25, 0.3) is 0 Å². The van der Waals surface area contributed by atoms with Gasteiger partial charge < -0.3 is 9.63 Å². The van der Waals surface area contributed by atoms with Crippen LogP contribution in [0.1, 0.15) is 17.0 Å². The molecule has 2 rings (SSSR count). The van der Waals surface area contributed by atoms with Crippen LogP contribution in [-0.2, 0) is 16.4 Å². The molecule has 20 heavy (non-hydrogen) atoms. The molecule has 1 aromatic carbocycles. The van der Waals surface area contributed by atoms with Gasteiger partial charge in [0, 0.05) is 6.54 Å². The first-order valence-electron chi connectivity index (χ1n) is 6.10. The van der Waals surface area contributed by atoms with E-state index in [1.54, 1.807) is 38.1 Å². The molecule has 0 fully saturated rings. The highest BCUT2D eigenvalue weighted by Crippen LogP contribution is 2.18. The average molecular weight is 296 g/mol. The number of nitrogens with zero attached hydrogens (tertiary/aromatic N) is 1. The molecule has 7 heteroatoms. The van der Waals surface area contributed by atoms with Gasteiger partial charge in [0.15, 0.2) is 5.76 Å². The Hall–Kier alpha value is -1.86. The zero-order valence-corrected chi connectivity index (χ0v) is 12.1. The molecule has 2 N–H and O–H groups in total. The largest absolute Gasteiger partial charge is 0.508 e. The monoisotopic (exact) mass is 296 g/mol. The number of nitrogens with one attached hydrogen (secondary N) is 1. The van der Waals surface area contributed by atoms with Gasteiger partial charge >= 0.3 is 0 Å². The van der Waals surface area contributed by atoms with Crippen molar-refractivity contribution in [1.29, 1.82) is 0 Å². The zero-order chi connectivity index (χ0) is 14.8. The fourth-order valence-corrected chi connectivity index (χ4v) is 3.28. The highest BCUT2D eigenvalue weighted by atomic mass is 32.2. The van der Waals surface area contributed by atoms with E-state index in [0.717, 1.165) is 5.56 Å². The number of aryl methyl sites for hydroxylation is 2. The molecule has 0 aliphatic carbocycles. The fraction of sp³-hybridized carbons (Fsp3) is 0.308. The van der Waals surface area contributed by atoms with Gasteiger partial charge in [-0.1, -0.05) is 17.3 Å². The third kappa shape index (κ3) is 3.17. The molecule has 6 nitrogen and oxygen atoms in total. The lowest BCUT2D eigenvalue weighted by Gasteiger charge is -2.06. The summed E-state index contributed by atoms with van der Waals surface area (Å²) in [6.45, 7) is 3.41. The molecule has 108 valence electrons. The van der Waals surface area contributed by atoms with Crippen LogP contribution in [-0.4, -0.2) is 25.2 Å². The minimum atomic E-state index is -3.61. The van der Waals surface area contributed by atoms with Gasteiger partial charge in [-0.3, -0.25) is 0 Å². The van der Waals surface area contributed by atoms with Crippen LogP contribution in [0.25, 0.3) is 0 Å². The molecular weight excluding hydrogens is 280 g/mol. The van der Waals surface area contributed by atoms with Crippen LogP contribution >= 0.6 is 0 Å². The second-order valence-electron chi connectivity index (χ2n) is 4.47. The summed E-state index contributed by atoms with van der Waals surface area (Å²) in [6.07, 6.45) is 0.531. The van der Waals surface area contributed by atoms with E-state index in [9.17, 15) is 8.42 Å². The molecule has 0 spiro atoms. The van der Waals surface area contributed by atoms with Crippen LogP contribution in [0.4, 0.5) is 0 Å². The Morgan fingerprint density at radius 2 is 1.90 bits per heavy atom. The lowest BCUT2D eigenvalue weighted by molar-refractivity contribution is 0.390. The van der Waals surface area contributed by atoms with Gasteiger partial charge in [0.2, 0.25) is 10.0 Å². The van der Waals surface area contributed by atoms with Crippen molar-refractivity contribution >= 4 is 10.0 Å². The SMILES string of the molecule is Cc1noc(C)c1S(=O)(=O)NCCc1ccc(O)cc1. The maximum absolute atomic E-state index is 12.1. The molecule has 0 saturated carbocycles. The van der Waals surface area contributed by atoms with Gasteiger partial charge in [-0.2, -0.15) is 0 Å². The van der Waals surface area contributed by atoms with E-state index in [2.05, 4.69) is 9.88 Å². The lowest BCUT2D eigenvalue weighted by atomic mass is 10.1. The van der Waals surface area contributed by atoms with Crippen LogP contribution in [0, 0.1) is 13.8 Å². The molecule has 2 aromatic rings. The normalized spacial score (nSPS) is 11.7. The minimum absolute atomic E-state index is 0.100. The first kappa shape index (κ1) is 14.5. The number of aromatic hydroxyl groups is 1. The van der Waals surface area contributed by atoms with Crippen molar-refractivity contribution < 1.29 is 18.0 Å². The number of rotatable bonds is 5. The molecule has 1 aromatic heterocycles. The molecule has 0 atom stereocenters. The molecule has 0 unspecified atom stereocenters. The topological polar surface area (TPSA) is 92.4 Å². The van der Waals surface area contributed by atoms with Crippen LogP contribution in [0.3, 0.4) is 0 Å². The summed E-state index contributed by atoms with van der Waals surface area (Å²) in [5.41, 5.74) is 1.28. The molecule has 0 aliphatic heterocycles. The highest BCUT2D eigenvalue weighted by Gasteiger charge is 2.23. The van der Waals surface area contributed by atoms with E-state index < -0.39 is 10.0 Å². The Bertz CT molecular complexity index is 670. The smallest absolute Gasteiger partial charge is 0.245 e. The van der Waals surface area contributed by atoms with Crippen molar-refractivity contribution in [3.8, 4) is 5.75 Å². The summed E-state index contributed by atoms with van der Waals surface area (Å²) >= 11 is 0. The summed E-state index contributed by atoms with van der Waals surface area (Å²) in [7, 11) is -3.61. The van der Waals surface area contributed by atoms with Crippen molar-refractivity contribution in [2.24, 2.45) is 0 Å². The first-order valence-corrected chi connectivity index (χ1v) is 7.59. The standard InChI is InChI=1S/C13H16N2O4S/c1-9-13(10(2)19-15-9)20(17,18)14-8-7-11-3-5-12(16)6-4-11/h3-6,14,16H,7-8H2,1-2H3. The Labute approximate surface area is 117 Å². The van der Waals surface area contributed by atoms with Crippen LogP contribution in [0.5, 0.6) is 5.75 Å². The summed E-state index contributed by atoms with van der Waals surface area (Å²) in [5.74, 6) is 0.463. The highest BCUT2D eigenvalue weighted by molar-refractivity contribution is 7.89. The second-order valence-corrected chi connectivity index (χ2v) is 6.17. The second kappa shape index (κ2) is 5.64. The molecule has 0 aliphatic rings. The maximum Gasteiger partial charge on any atom is 0.245 e. The van der Waals surface area contributed by atoms with Crippen molar-refractivity contribution in [3.05, 3.63) is 41.3 Å². The first-order chi connectivity index (χ1) is 9.40. The van der Waals surface area contributed by atoms with E-state index in [-0.39, 0.29) is 22.9 Å². The predicted molar refractivity (Wildman–Crippen MR) is 73.0 cm³/mol. The Morgan fingerprint density at radius 1 is 1.25 bits per heavy atom. The maximum atomic E-state index is 12.1. The van der Waals surface area contributed by atoms with E-state index in [4.69, 9.17) is 9.63 Å². The summed E-state index contributed by atoms with van der Waals surface area (Å²) in [5, 5.41) is 12.8. The lowest BCUT2D eigenvalue weighted by Crippen LogP contribution is -2.26. The predicted octanol–water partition coefficient (Wildman–Crippen LogP) is 1.52. The summed E-state index contributed by atoms with van der Waals surface area (Å²) < 4.78 is 31.6.